The van der Waals surface area contributed by atoms with E-state index in [-0.39, 0.29) is 24.5 Å². The molecule has 1 fully saturated rings. The lowest BCUT2D eigenvalue weighted by atomic mass is 10.0. The number of nitrogens with zero attached hydrogens (tertiary/aromatic N) is 2. The quantitative estimate of drug-likeness (QED) is 0.774. The summed E-state index contributed by atoms with van der Waals surface area (Å²) in [6, 6.07) is 7.18. The first-order chi connectivity index (χ1) is 11.9. The number of amides is 1. The van der Waals surface area contributed by atoms with Gasteiger partial charge in [-0.1, -0.05) is 30.7 Å². The van der Waals surface area contributed by atoms with Crippen LogP contribution in [-0.2, 0) is 9.59 Å². The molecule has 1 aromatic carbocycles. The third-order valence-electron chi connectivity index (χ3n) is 4.82. The Morgan fingerprint density at radius 2 is 2.00 bits per heavy atom. The highest BCUT2D eigenvalue weighted by Gasteiger charge is 2.29. The van der Waals surface area contributed by atoms with E-state index in [1.54, 1.807) is 12.1 Å². The van der Waals surface area contributed by atoms with Crippen LogP contribution in [0, 0.1) is 0 Å². The molecule has 25 heavy (non-hydrogen) atoms. The van der Waals surface area contributed by atoms with E-state index < -0.39 is 5.97 Å². The highest BCUT2D eigenvalue weighted by molar-refractivity contribution is 6.33. The minimum Gasteiger partial charge on any atom is -0.480 e. The van der Waals surface area contributed by atoms with E-state index in [0.717, 1.165) is 32.5 Å². The summed E-state index contributed by atoms with van der Waals surface area (Å²) in [5, 5.41) is 12.4. The van der Waals surface area contributed by atoms with Crippen LogP contribution in [0.25, 0.3) is 0 Å². The van der Waals surface area contributed by atoms with Crippen molar-refractivity contribution in [3.05, 3.63) is 29.3 Å². The first kappa shape index (κ1) is 19.7. The molecule has 0 aromatic heterocycles. The second kappa shape index (κ2) is 9.17. The number of likely N-dealkylation sites (tertiary alicyclic amines) is 1. The molecular formula is C18H26ClN3O3. The average Bonchev–Trinajstić information content (AvgIpc) is 2.61. The van der Waals surface area contributed by atoms with Gasteiger partial charge in [0.05, 0.1) is 23.3 Å². The number of hydrogen-bond acceptors (Lipinski definition) is 4. The molecule has 1 aromatic rings. The van der Waals surface area contributed by atoms with Gasteiger partial charge in [0.15, 0.2) is 0 Å². The van der Waals surface area contributed by atoms with Gasteiger partial charge in [-0.15, -0.1) is 0 Å². The summed E-state index contributed by atoms with van der Waals surface area (Å²) < 4.78 is 0. The van der Waals surface area contributed by atoms with Gasteiger partial charge in [0.1, 0.15) is 0 Å². The van der Waals surface area contributed by atoms with Crippen molar-refractivity contribution in [3.63, 3.8) is 0 Å². The van der Waals surface area contributed by atoms with Gasteiger partial charge in [0.25, 0.3) is 0 Å². The van der Waals surface area contributed by atoms with Crippen LogP contribution in [0.5, 0.6) is 0 Å². The normalized spacial score (nSPS) is 17.4. The fraction of sp³-hybridized carbons (Fsp3) is 0.556. The van der Waals surface area contributed by atoms with E-state index in [2.05, 4.69) is 10.2 Å². The number of piperidine rings is 1. The molecule has 1 heterocycles. The summed E-state index contributed by atoms with van der Waals surface area (Å²) in [6.07, 6.45) is 1.73. The topological polar surface area (TPSA) is 72.9 Å². The Morgan fingerprint density at radius 1 is 1.36 bits per heavy atom. The number of benzene rings is 1. The van der Waals surface area contributed by atoms with Crippen molar-refractivity contribution in [3.8, 4) is 0 Å². The largest absolute Gasteiger partial charge is 0.480 e. The first-order valence-electron chi connectivity index (χ1n) is 8.67. The minimum atomic E-state index is -0.795. The Kier molecular flexibility index (Phi) is 7.23. The zero-order valence-electron chi connectivity index (χ0n) is 14.7. The van der Waals surface area contributed by atoms with Crippen molar-refractivity contribution in [1.29, 1.82) is 0 Å². The van der Waals surface area contributed by atoms with Gasteiger partial charge in [-0.2, -0.15) is 0 Å². The van der Waals surface area contributed by atoms with Crippen LogP contribution < -0.4 is 5.32 Å². The lowest BCUT2D eigenvalue weighted by Crippen LogP contribution is -2.51. The van der Waals surface area contributed by atoms with Crippen molar-refractivity contribution in [2.45, 2.75) is 38.8 Å². The Balaban J connectivity index is 1.88. The summed E-state index contributed by atoms with van der Waals surface area (Å²) in [4.78, 5) is 27.6. The van der Waals surface area contributed by atoms with Gasteiger partial charge >= 0.3 is 5.97 Å². The number of carboxylic acids is 1. The molecule has 7 heteroatoms. The molecule has 1 amide bonds. The number of likely N-dealkylation sites (N-methyl/N-ethyl adjacent to an activating group) is 1. The van der Waals surface area contributed by atoms with Crippen molar-refractivity contribution in [2.24, 2.45) is 0 Å². The second-order valence-electron chi connectivity index (χ2n) is 6.37. The monoisotopic (exact) mass is 367 g/mol. The van der Waals surface area contributed by atoms with Gasteiger partial charge in [0.2, 0.25) is 5.91 Å². The van der Waals surface area contributed by atoms with E-state index in [4.69, 9.17) is 16.7 Å². The maximum absolute atomic E-state index is 12.5. The van der Waals surface area contributed by atoms with Crippen molar-refractivity contribution in [1.82, 2.24) is 9.80 Å². The number of para-hydroxylation sites is 1. The van der Waals surface area contributed by atoms with Gasteiger partial charge in [-0.25, -0.2) is 0 Å². The Hall–Kier alpha value is -1.63. The van der Waals surface area contributed by atoms with E-state index in [0.29, 0.717) is 10.7 Å². The lowest BCUT2D eigenvalue weighted by Gasteiger charge is -2.39. The minimum absolute atomic E-state index is 0.0731. The molecule has 2 rings (SSSR count). The van der Waals surface area contributed by atoms with Crippen LogP contribution in [0.3, 0.4) is 0 Å². The number of rotatable bonds is 7. The smallest absolute Gasteiger partial charge is 0.317 e. The summed E-state index contributed by atoms with van der Waals surface area (Å²) in [6.45, 7) is 6.22. The SMILES string of the molecule is CCN(CC(=O)O)C1CCN(C(C)C(=O)Nc2ccccc2Cl)CC1. The van der Waals surface area contributed by atoms with Crippen molar-refractivity contribution >= 4 is 29.2 Å². The number of nitrogens with one attached hydrogen (secondary N) is 1. The van der Waals surface area contributed by atoms with Gasteiger partial charge < -0.3 is 10.4 Å². The summed E-state index contributed by atoms with van der Waals surface area (Å²) in [5.74, 6) is -0.874. The molecule has 138 valence electrons. The molecule has 2 N–H and O–H groups in total. The summed E-state index contributed by atoms with van der Waals surface area (Å²) >= 11 is 6.09. The lowest BCUT2D eigenvalue weighted by molar-refractivity contribution is -0.139. The molecule has 0 aliphatic carbocycles. The average molecular weight is 368 g/mol. The fourth-order valence-corrected chi connectivity index (χ4v) is 3.46. The number of halogens is 1. The van der Waals surface area contributed by atoms with E-state index in [1.165, 1.54) is 0 Å². The molecular weight excluding hydrogens is 342 g/mol. The predicted octanol–water partition coefficient (Wildman–Crippen LogP) is 2.54. The zero-order chi connectivity index (χ0) is 18.4. The number of carbonyl (C=O) groups is 2. The van der Waals surface area contributed by atoms with Crippen LogP contribution in [0.1, 0.15) is 26.7 Å². The highest BCUT2D eigenvalue weighted by Crippen LogP contribution is 2.22. The number of anilines is 1. The van der Waals surface area contributed by atoms with Crippen LogP contribution in [0.2, 0.25) is 5.02 Å². The molecule has 6 nitrogen and oxygen atoms in total. The number of carbonyl (C=O) groups excluding carboxylic acids is 1. The molecule has 1 atom stereocenters. The third-order valence-corrected chi connectivity index (χ3v) is 5.15. The Bertz CT molecular complexity index is 603. The fourth-order valence-electron chi connectivity index (χ4n) is 3.28. The second-order valence-corrected chi connectivity index (χ2v) is 6.78. The predicted molar refractivity (Wildman–Crippen MR) is 99.0 cm³/mol. The van der Waals surface area contributed by atoms with Crippen LogP contribution in [0.4, 0.5) is 5.69 Å². The zero-order valence-corrected chi connectivity index (χ0v) is 15.5. The molecule has 0 saturated carbocycles. The van der Waals surface area contributed by atoms with E-state index in [1.807, 2.05) is 30.9 Å². The van der Waals surface area contributed by atoms with Crippen molar-refractivity contribution < 1.29 is 14.7 Å². The standard InChI is InChI=1S/C18H26ClN3O3/c1-3-21(12-17(23)24)14-8-10-22(11-9-14)13(2)18(25)20-16-7-5-4-6-15(16)19/h4-7,13-14H,3,8-12H2,1-2H3,(H,20,25)(H,23,24). The molecule has 1 aliphatic rings. The van der Waals surface area contributed by atoms with E-state index in [9.17, 15) is 9.59 Å². The molecule has 0 radical (unpaired) electrons. The third kappa shape index (κ3) is 5.42. The van der Waals surface area contributed by atoms with Crippen LogP contribution in [-0.4, -0.2) is 65.0 Å². The summed E-state index contributed by atoms with van der Waals surface area (Å²) in [5.41, 5.74) is 0.620. The number of aliphatic carboxylic acids is 1. The van der Waals surface area contributed by atoms with Crippen LogP contribution >= 0.6 is 11.6 Å². The number of carboxylic acid groups (broad SMARTS) is 1. The van der Waals surface area contributed by atoms with E-state index >= 15 is 0 Å². The molecule has 1 unspecified atom stereocenters. The summed E-state index contributed by atoms with van der Waals surface area (Å²) in [7, 11) is 0. The maximum atomic E-state index is 12.5. The Morgan fingerprint density at radius 3 is 2.56 bits per heavy atom. The number of hydrogen-bond donors (Lipinski definition) is 2. The van der Waals surface area contributed by atoms with Gasteiger partial charge in [0, 0.05) is 19.1 Å². The molecule has 1 aliphatic heterocycles. The maximum Gasteiger partial charge on any atom is 0.317 e. The highest BCUT2D eigenvalue weighted by atomic mass is 35.5. The van der Waals surface area contributed by atoms with Gasteiger partial charge in [-0.3, -0.25) is 19.4 Å². The first-order valence-corrected chi connectivity index (χ1v) is 9.05. The Labute approximate surface area is 153 Å². The molecule has 1 saturated heterocycles. The molecule has 0 spiro atoms. The van der Waals surface area contributed by atoms with Crippen LogP contribution in [0.15, 0.2) is 24.3 Å². The van der Waals surface area contributed by atoms with Gasteiger partial charge in [-0.05, 0) is 38.4 Å². The molecule has 0 bridgehead atoms. The van der Waals surface area contributed by atoms with Crippen molar-refractivity contribution in [2.75, 3.05) is 31.5 Å².